The highest BCUT2D eigenvalue weighted by Crippen LogP contribution is 2.54. The first-order chi connectivity index (χ1) is 8.91. The minimum atomic E-state index is -0.799. The maximum atomic E-state index is 12.1. The van der Waals surface area contributed by atoms with Crippen LogP contribution >= 0.6 is 0 Å². The van der Waals surface area contributed by atoms with Crippen molar-refractivity contribution >= 4 is 5.78 Å². The molecule has 0 unspecified atom stereocenters. The van der Waals surface area contributed by atoms with Gasteiger partial charge in [0.25, 0.3) is 0 Å². The standard InChI is InChI=1S/C14H18O5/c1-14(2)18-12-10(16)7-5-3-4-6(9(5)15)8(7)11(17)13(12)19-14/h3-8,10-13,16-17H,1-2H3/t5-,6+,7+,8-,10-,11+,12-,13+. The fraction of sp³-hybridized carbons (Fsp3) is 0.786. The van der Waals surface area contributed by atoms with Crippen LogP contribution in [0.25, 0.3) is 0 Å². The van der Waals surface area contributed by atoms with E-state index in [9.17, 15) is 15.0 Å². The molecule has 5 heteroatoms. The van der Waals surface area contributed by atoms with Gasteiger partial charge in [-0.1, -0.05) is 12.2 Å². The number of Topliss-reactive ketones (excluding diaryl/α,β-unsaturated/α-hetero) is 1. The topological polar surface area (TPSA) is 76.0 Å². The Hall–Kier alpha value is -0.750. The average Bonchev–Trinajstić information content (AvgIpc) is 2.95. The monoisotopic (exact) mass is 266 g/mol. The van der Waals surface area contributed by atoms with Gasteiger partial charge < -0.3 is 19.7 Å². The summed E-state index contributed by atoms with van der Waals surface area (Å²) in [4.78, 5) is 12.1. The fourth-order valence-electron chi connectivity index (χ4n) is 4.43. The summed E-state index contributed by atoms with van der Waals surface area (Å²) in [6, 6.07) is 0. The van der Waals surface area contributed by atoms with E-state index in [-0.39, 0.29) is 29.5 Å². The lowest BCUT2D eigenvalue weighted by atomic mass is 9.68. The van der Waals surface area contributed by atoms with Gasteiger partial charge in [0.15, 0.2) is 5.79 Å². The Bertz CT molecular complexity index is 432. The van der Waals surface area contributed by atoms with Gasteiger partial charge in [0.05, 0.1) is 12.2 Å². The molecule has 8 atom stereocenters. The Balaban J connectivity index is 1.74. The van der Waals surface area contributed by atoms with Gasteiger partial charge in [-0.05, 0) is 13.8 Å². The van der Waals surface area contributed by atoms with Crippen molar-refractivity contribution in [1.82, 2.24) is 0 Å². The van der Waals surface area contributed by atoms with Crippen molar-refractivity contribution in [1.29, 1.82) is 0 Å². The molecular weight excluding hydrogens is 248 g/mol. The molecule has 2 N–H and O–H groups in total. The minimum absolute atomic E-state index is 0.118. The van der Waals surface area contributed by atoms with Gasteiger partial charge in [0.1, 0.15) is 18.0 Å². The van der Waals surface area contributed by atoms with Gasteiger partial charge in [0, 0.05) is 23.7 Å². The molecule has 2 bridgehead atoms. The van der Waals surface area contributed by atoms with Gasteiger partial charge in [-0.2, -0.15) is 0 Å². The molecule has 104 valence electrons. The van der Waals surface area contributed by atoms with E-state index in [0.29, 0.717) is 0 Å². The molecule has 2 saturated carbocycles. The molecule has 3 aliphatic carbocycles. The van der Waals surface area contributed by atoms with E-state index in [1.54, 1.807) is 13.8 Å². The second kappa shape index (κ2) is 3.47. The van der Waals surface area contributed by atoms with Crippen molar-refractivity contribution in [2.75, 3.05) is 0 Å². The number of hydrogen-bond donors (Lipinski definition) is 2. The molecule has 0 amide bonds. The van der Waals surface area contributed by atoms with Gasteiger partial charge in [-0.3, -0.25) is 4.79 Å². The van der Waals surface area contributed by atoms with E-state index < -0.39 is 30.2 Å². The predicted molar refractivity (Wildman–Crippen MR) is 63.9 cm³/mol. The molecule has 0 aromatic heterocycles. The number of rotatable bonds is 0. The third-order valence-electron chi connectivity index (χ3n) is 5.08. The maximum absolute atomic E-state index is 12.1. The molecule has 0 radical (unpaired) electrons. The summed E-state index contributed by atoms with van der Waals surface area (Å²) < 4.78 is 11.4. The van der Waals surface area contributed by atoms with Crippen molar-refractivity contribution in [3.05, 3.63) is 12.2 Å². The molecule has 4 aliphatic rings. The van der Waals surface area contributed by atoms with Crippen molar-refractivity contribution in [3.63, 3.8) is 0 Å². The Morgan fingerprint density at radius 2 is 1.42 bits per heavy atom. The summed E-state index contributed by atoms with van der Waals surface area (Å²) in [7, 11) is 0. The summed E-state index contributed by atoms with van der Waals surface area (Å²) >= 11 is 0. The fourth-order valence-corrected chi connectivity index (χ4v) is 4.43. The van der Waals surface area contributed by atoms with E-state index in [1.165, 1.54) is 0 Å². The number of aliphatic hydroxyl groups is 2. The number of fused-ring (bicyclic) bond motifs is 6. The van der Waals surface area contributed by atoms with E-state index in [2.05, 4.69) is 0 Å². The summed E-state index contributed by atoms with van der Waals surface area (Å²) in [6.45, 7) is 3.55. The first-order valence-electron chi connectivity index (χ1n) is 6.84. The number of carbonyl (C=O) groups excluding carboxylic acids is 1. The molecule has 4 rings (SSSR count). The molecular formula is C14H18O5. The molecule has 0 aromatic rings. The van der Waals surface area contributed by atoms with Crippen LogP contribution in [0, 0.1) is 23.7 Å². The zero-order valence-corrected chi connectivity index (χ0v) is 10.9. The molecule has 19 heavy (non-hydrogen) atoms. The van der Waals surface area contributed by atoms with Crippen LogP contribution in [0.2, 0.25) is 0 Å². The van der Waals surface area contributed by atoms with Crippen LogP contribution < -0.4 is 0 Å². The predicted octanol–water partition coefficient (Wildman–Crippen LogP) is -0.141. The van der Waals surface area contributed by atoms with Crippen molar-refractivity contribution < 1.29 is 24.5 Å². The zero-order valence-electron chi connectivity index (χ0n) is 10.9. The van der Waals surface area contributed by atoms with Crippen molar-refractivity contribution in [2.24, 2.45) is 23.7 Å². The number of aliphatic hydroxyl groups excluding tert-OH is 2. The third-order valence-corrected chi connectivity index (χ3v) is 5.08. The number of hydrogen-bond acceptors (Lipinski definition) is 5. The van der Waals surface area contributed by atoms with Crippen LogP contribution in [0.5, 0.6) is 0 Å². The zero-order chi connectivity index (χ0) is 13.5. The largest absolute Gasteiger partial charge is 0.390 e. The lowest BCUT2D eigenvalue weighted by Crippen LogP contribution is -2.58. The van der Waals surface area contributed by atoms with Gasteiger partial charge in [0.2, 0.25) is 0 Å². The molecule has 1 heterocycles. The second-order valence-corrected chi connectivity index (χ2v) is 6.54. The SMILES string of the molecule is CC1(C)O[C@@H]2[C@H](O)[C@@H]3[C@H]([C@H](O)[C@@H]2O1)[C@@H]1C=C[C@H]3C1=O. The van der Waals surface area contributed by atoms with E-state index in [1.807, 2.05) is 12.2 Å². The van der Waals surface area contributed by atoms with Gasteiger partial charge >= 0.3 is 0 Å². The van der Waals surface area contributed by atoms with E-state index >= 15 is 0 Å². The van der Waals surface area contributed by atoms with Gasteiger partial charge in [-0.25, -0.2) is 0 Å². The van der Waals surface area contributed by atoms with E-state index in [0.717, 1.165) is 0 Å². The lowest BCUT2D eigenvalue weighted by Gasteiger charge is -2.43. The Morgan fingerprint density at radius 3 is 1.84 bits per heavy atom. The van der Waals surface area contributed by atoms with Crippen molar-refractivity contribution in [2.45, 2.75) is 44.1 Å². The Kier molecular flexibility index (Phi) is 2.19. The van der Waals surface area contributed by atoms with Crippen LogP contribution in [0.1, 0.15) is 13.8 Å². The van der Waals surface area contributed by atoms with Crippen LogP contribution in [0.4, 0.5) is 0 Å². The summed E-state index contributed by atoms with van der Waals surface area (Å²) in [5.74, 6) is -1.70. The van der Waals surface area contributed by atoms with Crippen LogP contribution in [-0.4, -0.2) is 46.2 Å². The minimum Gasteiger partial charge on any atom is -0.390 e. The number of allylic oxidation sites excluding steroid dienone is 2. The quantitative estimate of drug-likeness (QED) is 0.597. The van der Waals surface area contributed by atoms with Crippen LogP contribution in [0.3, 0.4) is 0 Å². The number of ether oxygens (including phenoxy) is 2. The van der Waals surface area contributed by atoms with E-state index in [4.69, 9.17) is 9.47 Å². The Labute approximate surface area is 111 Å². The second-order valence-electron chi connectivity index (χ2n) is 6.54. The third kappa shape index (κ3) is 1.36. The first-order valence-corrected chi connectivity index (χ1v) is 6.84. The van der Waals surface area contributed by atoms with Crippen LogP contribution in [0.15, 0.2) is 12.2 Å². The molecule has 0 aromatic carbocycles. The molecule has 1 saturated heterocycles. The normalized spacial score (nSPS) is 57.4. The van der Waals surface area contributed by atoms with Gasteiger partial charge in [-0.15, -0.1) is 0 Å². The highest BCUT2D eigenvalue weighted by molar-refractivity contribution is 5.92. The molecule has 5 nitrogen and oxygen atoms in total. The highest BCUT2D eigenvalue weighted by atomic mass is 16.8. The highest BCUT2D eigenvalue weighted by Gasteiger charge is 2.65. The maximum Gasteiger partial charge on any atom is 0.164 e. The molecule has 3 fully saturated rings. The average molecular weight is 266 g/mol. The molecule has 0 spiro atoms. The Morgan fingerprint density at radius 1 is 1.00 bits per heavy atom. The summed E-state index contributed by atoms with van der Waals surface area (Å²) in [5.41, 5.74) is 0. The van der Waals surface area contributed by atoms with Crippen LogP contribution in [-0.2, 0) is 14.3 Å². The first kappa shape index (κ1) is 12.0. The van der Waals surface area contributed by atoms with Crippen molar-refractivity contribution in [3.8, 4) is 0 Å². The smallest absolute Gasteiger partial charge is 0.164 e. The lowest BCUT2D eigenvalue weighted by molar-refractivity contribution is -0.158. The molecule has 1 aliphatic heterocycles. The summed E-state index contributed by atoms with van der Waals surface area (Å²) in [5, 5.41) is 21.1. The number of ketones is 1. The number of carbonyl (C=O) groups is 1. The summed E-state index contributed by atoms with van der Waals surface area (Å²) in [6.07, 6.45) is 1.11.